The van der Waals surface area contributed by atoms with Gasteiger partial charge >= 0.3 is 0 Å². The van der Waals surface area contributed by atoms with Gasteiger partial charge in [0.05, 0.1) is 0 Å². The SMILES string of the molecule is CC(C)N1CCC(NC(=O)CCl)CC1.Cl. The molecule has 15 heavy (non-hydrogen) atoms. The summed E-state index contributed by atoms with van der Waals surface area (Å²) >= 11 is 5.43. The summed E-state index contributed by atoms with van der Waals surface area (Å²) in [7, 11) is 0. The summed E-state index contributed by atoms with van der Waals surface area (Å²) < 4.78 is 0. The number of amides is 1. The van der Waals surface area contributed by atoms with E-state index in [1.165, 1.54) is 0 Å². The van der Waals surface area contributed by atoms with Crippen LogP contribution >= 0.6 is 24.0 Å². The fourth-order valence-electron chi connectivity index (χ4n) is 1.83. The Kier molecular flexibility index (Phi) is 7.32. The van der Waals surface area contributed by atoms with Gasteiger partial charge in [-0.3, -0.25) is 4.79 Å². The lowest BCUT2D eigenvalue weighted by Crippen LogP contribution is -2.46. The number of likely N-dealkylation sites (tertiary alicyclic amines) is 1. The molecule has 0 aromatic carbocycles. The van der Waals surface area contributed by atoms with Gasteiger partial charge in [0, 0.05) is 25.2 Å². The summed E-state index contributed by atoms with van der Waals surface area (Å²) in [6.07, 6.45) is 2.08. The van der Waals surface area contributed by atoms with Gasteiger partial charge in [0.25, 0.3) is 0 Å². The highest BCUT2D eigenvalue weighted by molar-refractivity contribution is 6.27. The van der Waals surface area contributed by atoms with Gasteiger partial charge in [0.2, 0.25) is 5.91 Å². The lowest BCUT2D eigenvalue weighted by molar-refractivity contribution is -0.119. The molecule has 3 nitrogen and oxygen atoms in total. The second-order valence-electron chi connectivity index (χ2n) is 4.11. The molecular formula is C10H20Cl2N2O. The summed E-state index contributed by atoms with van der Waals surface area (Å²) in [5.74, 6) is 0.0272. The van der Waals surface area contributed by atoms with Crippen molar-refractivity contribution >= 4 is 29.9 Å². The summed E-state index contributed by atoms with van der Waals surface area (Å²) in [5, 5.41) is 2.93. The molecule has 1 rings (SSSR count). The van der Waals surface area contributed by atoms with E-state index >= 15 is 0 Å². The third-order valence-electron chi connectivity index (χ3n) is 2.75. The van der Waals surface area contributed by atoms with Crippen LogP contribution in [0.1, 0.15) is 26.7 Å². The minimum absolute atomic E-state index is 0. The van der Waals surface area contributed by atoms with Crippen LogP contribution in [0.4, 0.5) is 0 Å². The van der Waals surface area contributed by atoms with E-state index in [1.54, 1.807) is 0 Å². The Bertz CT molecular complexity index is 192. The molecule has 1 N–H and O–H groups in total. The molecule has 0 unspecified atom stereocenters. The second kappa shape index (κ2) is 7.31. The molecule has 5 heteroatoms. The smallest absolute Gasteiger partial charge is 0.235 e. The standard InChI is InChI=1S/C10H19ClN2O.ClH/c1-8(2)13-5-3-9(4-6-13)12-10(14)7-11;/h8-9H,3-7H2,1-2H3,(H,12,14);1H. The van der Waals surface area contributed by atoms with Crippen LogP contribution in [-0.2, 0) is 4.79 Å². The topological polar surface area (TPSA) is 32.3 Å². The zero-order valence-electron chi connectivity index (χ0n) is 9.33. The monoisotopic (exact) mass is 254 g/mol. The predicted octanol–water partition coefficient (Wildman–Crippen LogP) is 1.64. The van der Waals surface area contributed by atoms with Crippen molar-refractivity contribution in [2.24, 2.45) is 0 Å². The van der Waals surface area contributed by atoms with Crippen molar-refractivity contribution in [1.29, 1.82) is 0 Å². The molecule has 0 aromatic heterocycles. The van der Waals surface area contributed by atoms with Crippen LogP contribution in [0.25, 0.3) is 0 Å². The van der Waals surface area contributed by atoms with Crippen molar-refractivity contribution < 1.29 is 4.79 Å². The number of piperidine rings is 1. The average Bonchev–Trinajstić information content (AvgIpc) is 2.18. The number of rotatable bonds is 3. The molecule has 0 atom stereocenters. The summed E-state index contributed by atoms with van der Waals surface area (Å²) in [5.41, 5.74) is 0. The molecular weight excluding hydrogens is 235 g/mol. The van der Waals surface area contributed by atoms with Gasteiger partial charge in [-0.2, -0.15) is 0 Å². The summed E-state index contributed by atoms with van der Waals surface area (Å²) in [6, 6.07) is 0.941. The highest BCUT2D eigenvalue weighted by atomic mass is 35.5. The maximum absolute atomic E-state index is 11.0. The first kappa shape index (κ1) is 15.0. The van der Waals surface area contributed by atoms with Gasteiger partial charge in [-0.1, -0.05) is 0 Å². The van der Waals surface area contributed by atoms with E-state index in [0.29, 0.717) is 12.1 Å². The minimum atomic E-state index is -0.0466. The molecule has 1 aliphatic heterocycles. The van der Waals surface area contributed by atoms with Gasteiger partial charge in [0.15, 0.2) is 0 Å². The molecule has 0 spiro atoms. The first-order valence-corrected chi connectivity index (χ1v) is 5.76. The largest absolute Gasteiger partial charge is 0.352 e. The molecule has 1 heterocycles. The van der Waals surface area contributed by atoms with Crippen LogP contribution in [0.5, 0.6) is 0 Å². The van der Waals surface area contributed by atoms with Gasteiger partial charge < -0.3 is 10.2 Å². The quantitative estimate of drug-likeness (QED) is 0.777. The first-order chi connectivity index (χ1) is 6.63. The molecule has 0 bridgehead atoms. The molecule has 1 fully saturated rings. The van der Waals surface area contributed by atoms with Gasteiger partial charge in [-0.05, 0) is 26.7 Å². The maximum atomic E-state index is 11.0. The highest BCUT2D eigenvalue weighted by Gasteiger charge is 2.21. The highest BCUT2D eigenvalue weighted by Crippen LogP contribution is 2.12. The van der Waals surface area contributed by atoms with Crippen molar-refractivity contribution in [1.82, 2.24) is 10.2 Å². The number of carbonyl (C=O) groups excluding carboxylic acids is 1. The first-order valence-electron chi connectivity index (χ1n) is 5.23. The molecule has 1 amide bonds. The van der Waals surface area contributed by atoms with Gasteiger partial charge in [0.1, 0.15) is 5.88 Å². The van der Waals surface area contributed by atoms with Crippen molar-refractivity contribution in [3.8, 4) is 0 Å². The van der Waals surface area contributed by atoms with Crippen LogP contribution < -0.4 is 5.32 Å². The third-order valence-corrected chi connectivity index (χ3v) is 2.99. The van der Waals surface area contributed by atoms with E-state index in [0.717, 1.165) is 25.9 Å². The lowest BCUT2D eigenvalue weighted by atomic mass is 10.0. The Labute approximate surface area is 103 Å². The fraction of sp³-hybridized carbons (Fsp3) is 0.900. The number of alkyl halides is 1. The maximum Gasteiger partial charge on any atom is 0.235 e. The molecule has 0 aromatic rings. The number of nitrogens with one attached hydrogen (secondary N) is 1. The van der Waals surface area contributed by atoms with Crippen LogP contribution in [0.3, 0.4) is 0 Å². The van der Waals surface area contributed by atoms with Gasteiger partial charge in [-0.15, -0.1) is 24.0 Å². The molecule has 1 aliphatic rings. The molecule has 1 saturated heterocycles. The molecule has 0 aliphatic carbocycles. The van der Waals surface area contributed by atoms with Crippen LogP contribution in [0.2, 0.25) is 0 Å². The molecule has 0 saturated carbocycles. The number of carbonyl (C=O) groups is 1. The zero-order chi connectivity index (χ0) is 10.6. The summed E-state index contributed by atoms with van der Waals surface area (Å²) in [6.45, 7) is 6.56. The van der Waals surface area contributed by atoms with Crippen LogP contribution in [0, 0.1) is 0 Å². The molecule has 0 radical (unpaired) electrons. The average molecular weight is 255 g/mol. The van der Waals surface area contributed by atoms with E-state index in [-0.39, 0.29) is 24.2 Å². The van der Waals surface area contributed by atoms with Crippen molar-refractivity contribution in [3.05, 3.63) is 0 Å². The van der Waals surface area contributed by atoms with E-state index in [4.69, 9.17) is 11.6 Å². The van der Waals surface area contributed by atoms with Gasteiger partial charge in [-0.25, -0.2) is 0 Å². The van der Waals surface area contributed by atoms with Crippen LogP contribution in [0.15, 0.2) is 0 Å². The van der Waals surface area contributed by atoms with E-state index in [1.807, 2.05) is 0 Å². The Morgan fingerprint density at radius 1 is 1.47 bits per heavy atom. The number of halogens is 2. The molecule has 90 valence electrons. The summed E-state index contributed by atoms with van der Waals surface area (Å²) in [4.78, 5) is 13.5. The second-order valence-corrected chi connectivity index (χ2v) is 4.37. The number of nitrogens with zero attached hydrogens (tertiary/aromatic N) is 1. The third kappa shape index (κ3) is 5.05. The fourth-order valence-corrected chi connectivity index (χ4v) is 1.90. The van der Waals surface area contributed by atoms with E-state index in [9.17, 15) is 4.79 Å². The predicted molar refractivity (Wildman–Crippen MR) is 65.8 cm³/mol. The van der Waals surface area contributed by atoms with Crippen molar-refractivity contribution in [2.45, 2.75) is 38.8 Å². The Morgan fingerprint density at radius 3 is 2.40 bits per heavy atom. The number of hydrogen-bond acceptors (Lipinski definition) is 2. The zero-order valence-corrected chi connectivity index (χ0v) is 10.9. The Hall–Kier alpha value is 0.01000. The van der Waals surface area contributed by atoms with E-state index < -0.39 is 0 Å². The van der Waals surface area contributed by atoms with Crippen molar-refractivity contribution in [3.63, 3.8) is 0 Å². The Balaban J connectivity index is 0.00000196. The van der Waals surface area contributed by atoms with E-state index in [2.05, 4.69) is 24.1 Å². The van der Waals surface area contributed by atoms with Crippen LogP contribution in [-0.4, -0.2) is 41.9 Å². The Morgan fingerprint density at radius 2 is 2.00 bits per heavy atom. The normalized spacial score (nSPS) is 18.7. The minimum Gasteiger partial charge on any atom is -0.352 e. The lowest BCUT2D eigenvalue weighted by Gasteiger charge is -2.34. The number of hydrogen-bond donors (Lipinski definition) is 1. The van der Waals surface area contributed by atoms with Crippen molar-refractivity contribution in [2.75, 3.05) is 19.0 Å².